The fraction of sp³-hybridized carbons (Fsp3) is 0.0909. The van der Waals surface area contributed by atoms with Crippen molar-refractivity contribution in [2.24, 2.45) is 0 Å². The predicted octanol–water partition coefficient (Wildman–Crippen LogP) is 5.64. The van der Waals surface area contributed by atoms with Gasteiger partial charge in [-0.15, -0.1) is 0 Å². The first-order valence-corrected chi connectivity index (χ1v) is 9.78. The lowest BCUT2D eigenvalue weighted by atomic mass is 10.0. The quantitative estimate of drug-likeness (QED) is 0.504. The predicted molar refractivity (Wildman–Crippen MR) is 105 cm³/mol. The molecule has 0 spiro atoms. The zero-order chi connectivity index (χ0) is 18.9. The van der Waals surface area contributed by atoms with Gasteiger partial charge in [-0.2, -0.15) is 10.5 Å². The molecule has 0 aromatic heterocycles. The van der Waals surface area contributed by atoms with E-state index in [2.05, 4.69) is 12.1 Å². The Bertz CT molecular complexity index is 891. The highest BCUT2D eigenvalue weighted by molar-refractivity contribution is 7.48. The van der Waals surface area contributed by atoms with E-state index in [0.29, 0.717) is 23.2 Å². The fourth-order valence-electron chi connectivity index (χ4n) is 2.45. The van der Waals surface area contributed by atoms with Crippen LogP contribution in [0.3, 0.4) is 0 Å². The zero-order valence-electron chi connectivity index (χ0n) is 14.5. The molecule has 27 heavy (non-hydrogen) atoms. The van der Waals surface area contributed by atoms with Gasteiger partial charge in [0.1, 0.15) is 11.5 Å². The molecule has 0 heterocycles. The minimum atomic E-state index is -1.38. The Hall–Kier alpha value is -3.33. The summed E-state index contributed by atoms with van der Waals surface area (Å²) in [7, 11) is -1.38. The van der Waals surface area contributed by atoms with Crippen LogP contribution in [-0.4, -0.2) is 6.16 Å². The Morgan fingerprint density at radius 1 is 0.741 bits per heavy atom. The van der Waals surface area contributed by atoms with Gasteiger partial charge in [-0.3, -0.25) is 0 Å². The van der Waals surface area contributed by atoms with Gasteiger partial charge in [0, 0.05) is 0 Å². The van der Waals surface area contributed by atoms with E-state index in [4.69, 9.17) is 14.3 Å². The van der Waals surface area contributed by atoms with E-state index in [0.717, 1.165) is 5.56 Å². The molecule has 0 amide bonds. The van der Waals surface area contributed by atoms with Crippen molar-refractivity contribution in [1.82, 2.24) is 0 Å². The SMILES string of the molecule is N#Cc1ccc(C(C#N)CP(Oc2ccccc2)Oc2ccccc2)cc1. The molecule has 132 valence electrons. The molecule has 0 aliphatic carbocycles. The molecular weight excluding hydrogens is 355 g/mol. The molecule has 0 saturated carbocycles. The number of rotatable bonds is 7. The summed E-state index contributed by atoms with van der Waals surface area (Å²) in [5, 5.41) is 18.6. The first kappa shape index (κ1) is 18.5. The average Bonchev–Trinajstić information content (AvgIpc) is 2.73. The Balaban J connectivity index is 1.79. The molecule has 5 heteroatoms. The van der Waals surface area contributed by atoms with Crippen molar-refractivity contribution in [3.63, 3.8) is 0 Å². The van der Waals surface area contributed by atoms with Gasteiger partial charge in [-0.25, -0.2) is 0 Å². The van der Waals surface area contributed by atoms with Crippen LogP contribution >= 0.6 is 8.38 Å². The van der Waals surface area contributed by atoms with Crippen LogP contribution in [0.1, 0.15) is 17.0 Å². The van der Waals surface area contributed by atoms with E-state index in [9.17, 15) is 5.26 Å². The van der Waals surface area contributed by atoms with Gasteiger partial charge in [0.15, 0.2) is 0 Å². The van der Waals surface area contributed by atoms with Crippen LogP contribution in [0.25, 0.3) is 0 Å². The van der Waals surface area contributed by atoms with Crippen LogP contribution in [0.5, 0.6) is 11.5 Å². The van der Waals surface area contributed by atoms with Crippen LogP contribution in [0.4, 0.5) is 0 Å². The number of benzene rings is 3. The van der Waals surface area contributed by atoms with Crippen LogP contribution in [0.15, 0.2) is 84.9 Å². The Morgan fingerprint density at radius 2 is 1.26 bits per heavy atom. The molecule has 0 fully saturated rings. The second-order valence-electron chi connectivity index (χ2n) is 5.74. The standard InChI is InChI=1S/C22H17N2O2P/c23-15-18-11-13-19(14-12-18)20(16-24)17-27(25-21-7-3-1-4-8-21)26-22-9-5-2-6-10-22/h1-14,20H,17H2. The smallest absolute Gasteiger partial charge is 0.292 e. The fourth-order valence-corrected chi connectivity index (χ4v) is 3.94. The summed E-state index contributed by atoms with van der Waals surface area (Å²) < 4.78 is 12.1. The number of nitriles is 2. The highest BCUT2D eigenvalue weighted by atomic mass is 31.2. The van der Waals surface area contributed by atoms with Gasteiger partial charge in [-0.05, 0) is 42.0 Å². The Labute approximate surface area is 160 Å². The van der Waals surface area contributed by atoms with Crippen LogP contribution in [0, 0.1) is 22.7 Å². The molecule has 1 atom stereocenters. The second kappa shape index (κ2) is 9.39. The maximum Gasteiger partial charge on any atom is 0.292 e. The summed E-state index contributed by atoms with van der Waals surface area (Å²) in [6.45, 7) is 0. The second-order valence-corrected chi connectivity index (χ2v) is 7.14. The maximum atomic E-state index is 9.67. The van der Waals surface area contributed by atoms with Crippen molar-refractivity contribution in [2.45, 2.75) is 5.92 Å². The van der Waals surface area contributed by atoms with Crippen molar-refractivity contribution in [3.05, 3.63) is 96.1 Å². The highest BCUT2D eigenvalue weighted by Crippen LogP contribution is 2.43. The van der Waals surface area contributed by atoms with Crippen LogP contribution < -0.4 is 9.05 Å². The lowest BCUT2D eigenvalue weighted by molar-refractivity contribution is 0.487. The van der Waals surface area contributed by atoms with Gasteiger partial charge in [0.25, 0.3) is 8.38 Å². The average molecular weight is 372 g/mol. The highest BCUT2D eigenvalue weighted by Gasteiger charge is 2.23. The summed E-state index contributed by atoms with van der Waals surface area (Å²) in [5.41, 5.74) is 1.41. The topological polar surface area (TPSA) is 66.0 Å². The van der Waals surface area contributed by atoms with Gasteiger partial charge < -0.3 is 9.05 Å². The molecule has 0 bridgehead atoms. The van der Waals surface area contributed by atoms with Crippen molar-refractivity contribution < 1.29 is 9.05 Å². The van der Waals surface area contributed by atoms with E-state index in [-0.39, 0.29) is 0 Å². The van der Waals surface area contributed by atoms with Crippen LogP contribution in [0.2, 0.25) is 0 Å². The summed E-state index contributed by atoms with van der Waals surface area (Å²) in [4.78, 5) is 0. The number of hydrogen-bond donors (Lipinski definition) is 0. The van der Waals surface area contributed by atoms with E-state index >= 15 is 0 Å². The maximum absolute atomic E-state index is 9.67. The van der Waals surface area contributed by atoms with Gasteiger partial charge in [-0.1, -0.05) is 48.5 Å². The van der Waals surface area contributed by atoms with Gasteiger partial charge >= 0.3 is 0 Å². The number of nitrogens with zero attached hydrogens (tertiary/aromatic N) is 2. The minimum absolute atomic E-state index is 0.392. The van der Waals surface area contributed by atoms with Gasteiger partial charge in [0.2, 0.25) is 0 Å². The molecule has 3 rings (SSSR count). The van der Waals surface area contributed by atoms with Crippen molar-refractivity contribution in [3.8, 4) is 23.6 Å². The minimum Gasteiger partial charge on any atom is -0.439 e. The normalized spacial score (nSPS) is 11.2. The largest absolute Gasteiger partial charge is 0.439 e. The summed E-state index contributed by atoms with van der Waals surface area (Å²) in [6.07, 6.45) is 0.418. The van der Waals surface area contributed by atoms with E-state index in [1.165, 1.54) is 0 Å². The Kier molecular flexibility index (Phi) is 6.42. The third-order valence-electron chi connectivity index (χ3n) is 3.83. The Morgan fingerprint density at radius 3 is 1.70 bits per heavy atom. The molecule has 3 aromatic rings. The summed E-state index contributed by atoms with van der Waals surface area (Å²) in [5.74, 6) is 1.02. The van der Waals surface area contributed by atoms with Crippen molar-refractivity contribution >= 4 is 8.38 Å². The lowest BCUT2D eigenvalue weighted by Crippen LogP contribution is -2.07. The summed E-state index contributed by atoms with van der Waals surface area (Å²) >= 11 is 0. The molecular formula is C22H17N2O2P. The molecule has 3 aromatic carbocycles. The van der Waals surface area contributed by atoms with Crippen LogP contribution in [-0.2, 0) is 0 Å². The number of hydrogen-bond acceptors (Lipinski definition) is 4. The van der Waals surface area contributed by atoms with E-state index < -0.39 is 14.3 Å². The third-order valence-corrected chi connectivity index (χ3v) is 5.32. The first-order valence-electron chi connectivity index (χ1n) is 8.42. The number of para-hydroxylation sites is 2. The molecule has 0 aliphatic heterocycles. The lowest BCUT2D eigenvalue weighted by Gasteiger charge is -2.21. The summed E-state index contributed by atoms with van der Waals surface area (Å²) in [6, 6.07) is 30.4. The molecule has 0 aliphatic rings. The first-order chi connectivity index (χ1) is 13.3. The van der Waals surface area contributed by atoms with Gasteiger partial charge in [0.05, 0.1) is 29.8 Å². The monoisotopic (exact) mass is 372 g/mol. The molecule has 0 N–H and O–H groups in total. The zero-order valence-corrected chi connectivity index (χ0v) is 15.4. The molecule has 4 nitrogen and oxygen atoms in total. The molecule has 1 unspecified atom stereocenters. The molecule has 0 saturated heterocycles. The third kappa shape index (κ3) is 5.32. The van der Waals surface area contributed by atoms with E-state index in [1.807, 2.05) is 72.8 Å². The van der Waals surface area contributed by atoms with Crippen molar-refractivity contribution in [2.75, 3.05) is 6.16 Å². The molecule has 0 radical (unpaired) electrons. The van der Waals surface area contributed by atoms with E-state index in [1.54, 1.807) is 12.1 Å². The van der Waals surface area contributed by atoms with Crippen molar-refractivity contribution in [1.29, 1.82) is 10.5 Å².